The molecule has 0 radical (unpaired) electrons. The molecule has 6 heteroatoms. The van der Waals surface area contributed by atoms with Gasteiger partial charge in [-0.1, -0.05) is 142 Å². The van der Waals surface area contributed by atoms with Crippen molar-refractivity contribution in [3.8, 4) is 46.1 Å². The third kappa shape index (κ3) is 17.0. The molecule has 0 fully saturated rings. The van der Waals surface area contributed by atoms with E-state index in [-0.39, 0.29) is 0 Å². The molecule has 2 aromatic carbocycles. The van der Waals surface area contributed by atoms with E-state index < -0.39 is 0 Å². The van der Waals surface area contributed by atoms with Crippen molar-refractivity contribution in [1.29, 1.82) is 0 Å². The summed E-state index contributed by atoms with van der Waals surface area (Å²) < 4.78 is 24.1. The Morgan fingerprint density at radius 1 is 0.346 bits per heavy atom. The highest BCUT2D eigenvalue weighted by atomic mass is 16.5. The fourth-order valence-electron chi connectivity index (χ4n) is 6.24. The van der Waals surface area contributed by atoms with E-state index in [2.05, 4.69) is 13.8 Å². The number of hydrogen-bond acceptors (Lipinski definition) is 6. The van der Waals surface area contributed by atoms with Gasteiger partial charge in [0.1, 0.15) is 23.0 Å². The second-order valence-electron chi connectivity index (χ2n) is 13.9. The average Bonchev–Trinajstić information content (AvgIpc) is 3.17. The number of benzene rings is 2. The number of ether oxygens (including phenoxy) is 4. The fraction of sp³-hybridized carbons (Fsp3) is 0.522. The van der Waals surface area contributed by atoms with Crippen LogP contribution in [0.25, 0.3) is 11.4 Å². The second kappa shape index (κ2) is 25.8. The number of hydrogen-bond donors (Lipinski definition) is 0. The monoisotopic (exact) mass is 708 g/mol. The first-order valence-electron chi connectivity index (χ1n) is 20.5. The van der Waals surface area contributed by atoms with Crippen LogP contribution in [0.5, 0.6) is 34.8 Å². The molecule has 2 heterocycles. The van der Waals surface area contributed by atoms with Crippen LogP contribution >= 0.6 is 0 Å². The van der Waals surface area contributed by atoms with Gasteiger partial charge in [-0.2, -0.15) is 0 Å². The van der Waals surface area contributed by atoms with E-state index in [9.17, 15) is 0 Å². The lowest BCUT2D eigenvalue weighted by Gasteiger charge is -2.10. The third-order valence-corrected chi connectivity index (χ3v) is 9.34. The number of aromatic nitrogens is 2. The summed E-state index contributed by atoms with van der Waals surface area (Å²) in [6.07, 6.45) is 26.4. The number of nitrogens with zero attached hydrogens (tertiary/aromatic N) is 2. The molecule has 0 aliphatic carbocycles. The van der Waals surface area contributed by atoms with Gasteiger partial charge in [0, 0.05) is 12.1 Å². The largest absolute Gasteiger partial charge is 0.494 e. The standard InChI is InChI=1S/C46H64N2O4/c1-3-5-7-9-11-13-15-17-19-21-37-49-39-29-33-41(34-30-39)51-45-27-23-25-43(47-45)44-26-24-28-46(48-44)52-42-35-31-40(32-36-42)50-38-22-20-18-16-14-12-10-8-6-4-2/h23-36H,3-22,37-38H2,1-2H3. The molecule has 6 nitrogen and oxygen atoms in total. The molecule has 0 aliphatic rings. The maximum Gasteiger partial charge on any atom is 0.219 e. The molecule has 0 amide bonds. The van der Waals surface area contributed by atoms with E-state index in [4.69, 9.17) is 28.9 Å². The Kier molecular flexibility index (Phi) is 20.2. The maximum absolute atomic E-state index is 6.08. The van der Waals surface area contributed by atoms with Gasteiger partial charge in [-0.15, -0.1) is 0 Å². The lowest BCUT2D eigenvalue weighted by Crippen LogP contribution is -1.97. The molecule has 282 valence electrons. The lowest BCUT2D eigenvalue weighted by molar-refractivity contribution is 0.303. The number of rotatable bonds is 29. The van der Waals surface area contributed by atoms with Gasteiger partial charge in [0.25, 0.3) is 0 Å². The highest BCUT2D eigenvalue weighted by molar-refractivity contribution is 5.55. The third-order valence-electron chi connectivity index (χ3n) is 9.34. The predicted octanol–water partition coefficient (Wildman–Crippen LogP) is 14.3. The van der Waals surface area contributed by atoms with Crippen LogP contribution in [0.3, 0.4) is 0 Å². The summed E-state index contributed by atoms with van der Waals surface area (Å²) in [5, 5.41) is 0. The minimum atomic E-state index is 0.498. The molecule has 0 aliphatic heterocycles. The Labute approximate surface area is 314 Å². The Bertz CT molecular complexity index is 1360. The van der Waals surface area contributed by atoms with Crippen molar-refractivity contribution in [2.24, 2.45) is 0 Å². The molecule has 0 bridgehead atoms. The van der Waals surface area contributed by atoms with Crippen LogP contribution in [-0.2, 0) is 0 Å². The van der Waals surface area contributed by atoms with Crippen molar-refractivity contribution >= 4 is 0 Å². The minimum absolute atomic E-state index is 0.498. The Balaban J connectivity index is 1.13. The van der Waals surface area contributed by atoms with Crippen LogP contribution in [0.15, 0.2) is 84.9 Å². The lowest BCUT2D eigenvalue weighted by atomic mass is 10.1. The molecule has 0 saturated carbocycles. The van der Waals surface area contributed by atoms with E-state index in [1.165, 1.54) is 116 Å². The Morgan fingerprint density at radius 2 is 0.654 bits per heavy atom. The summed E-state index contributed by atoms with van der Waals surface area (Å²) in [6.45, 7) is 6.03. The van der Waals surface area contributed by atoms with Gasteiger partial charge in [-0.25, -0.2) is 9.97 Å². The van der Waals surface area contributed by atoms with Crippen LogP contribution in [0, 0.1) is 0 Å². The first kappa shape index (κ1) is 40.7. The van der Waals surface area contributed by atoms with Gasteiger partial charge in [0.2, 0.25) is 11.8 Å². The summed E-state index contributed by atoms with van der Waals surface area (Å²) in [6, 6.07) is 26.9. The highest BCUT2D eigenvalue weighted by Gasteiger charge is 2.08. The van der Waals surface area contributed by atoms with Crippen molar-refractivity contribution in [3.05, 3.63) is 84.9 Å². The van der Waals surface area contributed by atoms with E-state index in [1.807, 2.05) is 84.9 Å². The van der Waals surface area contributed by atoms with Gasteiger partial charge in [0.05, 0.1) is 24.6 Å². The SMILES string of the molecule is CCCCCCCCCCCCOc1ccc(Oc2cccc(-c3cccc(Oc4ccc(OCCCCCCCCCCCC)cc4)n3)n2)cc1. The molecule has 4 rings (SSSR count). The molecule has 2 aromatic heterocycles. The van der Waals surface area contributed by atoms with Crippen molar-refractivity contribution in [2.45, 2.75) is 142 Å². The van der Waals surface area contributed by atoms with Crippen molar-refractivity contribution < 1.29 is 18.9 Å². The molecular weight excluding hydrogens is 645 g/mol. The Hall–Kier alpha value is -4.06. The zero-order valence-electron chi connectivity index (χ0n) is 32.2. The van der Waals surface area contributed by atoms with E-state index in [1.54, 1.807) is 0 Å². The highest BCUT2D eigenvalue weighted by Crippen LogP contribution is 2.28. The van der Waals surface area contributed by atoms with Crippen LogP contribution in [0.1, 0.15) is 142 Å². The van der Waals surface area contributed by atoms with Crippen LogP contribution in [-0.4, -0.2) is 23.2 Å². The summed E-state index contributed by atoms with van der Waals surface area (Å²) in [5.74, 6) is 4.12. The summed E-state index contributed by atoms with van der Waals surface area (Å²) in [7, 11) is 0. The topological polar surface area (TPSA) is 62.7 Å². The number of unbranched alkanes of at least 4 members (excludes halogenated alkanes) is 18. The van der Waals surface area contributed by atoms with Gasteiger partial charge in [0.15, 0.2) is 0 Å². The van der Waals surface area contributed by atoms with Crippen molar-refractivity contribution in [2.75, 3.05) is 13.2 Å². The molecule has 52 heavy (non-hydrogen) atoms. The first-order valence-corrected chi connectivity index (χ1v) is 20.5. The van der Waals surface area contributed by atoms with Crippen LogP contribution in [0.2, 0.25) is 0 Å². The van der Waals surface area contributed by atoms with Gasteiger partial charge in [-0.3, -0.25) is 0 Å². The molecule has 0 spiro atoms. The average molecular weight is 709 g/mol. The second-order valence-corrected chi connectivity index (χ2v) is 13.9. The molecule has 0 saturated heterocycles. The van der Waals surface area contributed by atoms with Gasteiger partial charge < -0.3 is 18.9 Å². The smallest absolute Gasteiger partial charge is 0.219 e. The molecule has 4 aromatic rings. The zero-order valence-corrected chi connectivity index (χ0v) is 32.2. The molecule has 0 N–H and O–H groups in total. The Morgan fingerprint density at radius 3 is 1.00 bits per heavy atom. The van der Waals surface area contributed by atoms with Gasteiger partial charge in [-0.05, 0) is 73.5 Å². The number of pyridine rings is 2. The summed E-state index contributed by atoms with van der Waals surface area (Å²) >= 11 is 0. The van der Waals surface area contributed by atoms with Crippen molar-refractivity contribution in [3.63, 3.8) is 0 Å². The summed E-state index contributed by atoms with van der Waals surface area (Å²) in [5.41, 5.74) is 1.41. The van der Waals surface area contributed by atoms with Gasteiger partial charge >= 0.3 is 0 Å². The minimum Gasteiger partial charge on any atom is -0.494 e. The molecular formula is C46H64N2O4. The predicted molar refractivity (Wildman–Crippen MR) is 215 cm³/mol. The molecule has 0 unspecified atom stereocenters. The summed E-state index contributed by atoms with van der Waals surface area (Å²) in [4.78, 5) is 9.42. The molecule has 0 atom stereocenters. The van der Waals surface area contributed by atoms with E-state index in [0.717, 1.165) is 37.6 Å². The van der Waals surface area contributed by atoms with Crippen LogP contribution < -0.4 is 18.9 Å². The quantitative estimate of drug-likeness (QED) is 0.0523. The van der Waals surface area contributed by atoms with Crippen LogP contribution in [0.4, 0.5) is 0 Å². The van der Waals surface area contributed by atoms with E-state index >= 15 is 0 Å². The maximum atomic E-state index is 6.08. The normalized spacial score (nSPS) is 11.0. The van der Waals surface area contributed by atoms with Crippen molar-refractivity contribution in [1.82, 2.24) is 9.97 Å². The first-order chi connectivity index (χ1) is 25.7. The fourth-order valence-corrected chi connectivity index (χ4v) is 6.24. The van der Waals surface area contributed by atoms with E-state index in [0.29, 0.717) is 34.6 Å². The zero-order chi connectivity index (χ0) is 36.3.